The molecule has 1 aliphatic heterocycles. The van der Waals surface area contributed by atoms with Crippen LogP contribution in [0, 0.1) is 6.92 Å². The quantitative estimate of drug-likeness (QED) is 0.778. The number of aryl methyl sites for hydroxylation is 1. The van der Waals surface area contributed by atoms with E-state index in [0.717, 1.165) is 30.4 Å². The van der Waals surface area contributed by atoms with Crippen molar-refractivity contribution in [1.82, 2.24) is 19.4 Å². The van der Waals surface area contributed by atoms with Crippen molar-refractivity contribution < 1.29 is 4.79 Å². The number of urea groups is 1. The lowest BCUT2D eigenvalue weighted by molar-refractivity contribution is 0.208. The fraction of sp³-hybridized carbons (Fsp3) is 0.250. The van der Waals surface area contributed by atoms with E-state index in [1.807, 2.05) is 71.2 Å². The molecule has 0 spiro atoms. The van der Waals surface area contributed by atoms with Gasteiger partial charge in [-0.3, -0.25) is 0 Å². The normalized spacial score (nSPS) is 14.3. The summed E-state index contributed by atoms with van der Waals surface area (Å²) in [4.78, 5) is 25.2. The molecule has 1 saturated heterocycles. The van der Waals surface area contributed by atoms with Crippen LogP contribution < -0.4 is 10.2 Å². The highest BCUT2D eigenvalue weighted by Crippen LogP contribution is 2.17. The maximum atomic E-state index is 12.5. The number of nitrogens with one attached hydrogen (secondary N) is 1. The molecule has 0 saturated carbocycles. The van der Waals surface area contributed by atoms with Crippen LogP contribution in [0.2, 0.25) is 0 Å². The Morgan fingerprint density at radius 2 is 1.63 bits per heavy atom. The molecule has 2 aromatic heterocycles. The second-order valence-electron chi connectivity index (χ2n) is 6.59. The molecule has 4 rings (SSSR count). The number of piperazine rings is 1. The maximum Gasteiger partial charge on any atom is 0.321 e. The van der Waals surface area contributed by atoms with E-state index >= 15 is 0 Å². The molecule has 0 bridgehead atoms. The predicted octanol–water partition coefficient (Wildman–Crippen LogP) is 2.93. The number of rotatable bonds is 3. The molecule has 0 aliphatic carbocycles. The summed E-state index contributed by atoms with van der Waals surface area (Å²) in [6, 6.07) is 13.7. The molecule has 0 atom stereocenters. The van der Waals surface area contributed by atoms with Crippen LogP contribution >= 0.6 is 0 Å². The summed E-state index contributed by atoms with van der Waals surface area (Å²) in [7, 11) is 0. The van der Waals surface area contributed by atoms with Gasteiger partial charge in [-0.1, -0.05) is 17.7 Å². The van der Waals surface area contributed by atoms with Gasteiger partial charge in [-0.05, 0) is 31.2 Å². The van der Waals surface area contributed by atoms with Gasteiger partial charge in [0.2, 0.25) is 0 Å². The number of carbonyl (C=O) groups excluding carboxylic acids is 1. The molecule has 0 unspecified atom stereocenters. The van der Waals surface area contributed by atoms with Crippen LogP contribution in [0.1, 0.15) is 5.56 Å². The Balaban J connectivity index is 1.37. The van der Waals surface area contributed by atoms with Crippen LogP contribution in [-0.4, -0.2) is 51.6 Å². The van der Waals surface area contributed by atoms with E-state index in [4.69, 9.17) is 0 Å². The van der Waals surface area contributed by atoms with Gasteiger partial charge in [-0.2, -0.15) is 0 Å². The number of aromatic nitrogens is 3. The van der Waals surface area contributed by atoms with E-state index in [0.29, 0.717) is 13.1 Å². The Morgan fingerprint density at radius 3 is 2.33 bits per heavy atom. The highest BCUT2D eigenvalue weighted by molar-refractivity contribution is 5.89. The van der Waals surface area contributed by atoms with Crippen molar-refractivity contribution in [3.8, 4) is 5.82 Å². The lowest BCUT2D eigenvalue weighted by atomic mass is 10.2. The predicted molar refractivity (Wildman–Crippen MR) is 105 cm³/mol. The van der Waals surface area contributed by atoms with E-state index in [9.17, 15) is 4.79 Å². The van der Waals surface area contributed by atoms with Gasteiger partial charge in [0.1, 0.15) is 18.0 Å². The van der Waals surface area contributed by atoms with Gasteiger partial charge in [0.05, 0.1) is 0 Å². The Morgan fingerprint density at radius 1 is 0.963 bits per heavy atom. The fourth-order valence-electron chi connectivity index (χ4n) is 3.12. The molecule has 3 heterocycles. The molecule has 1 fully saturated rings. The van der Waals surface area contributed by atoms with E-state index in [-0.39, 0.29) is 6.03 Å². The van der Waals surface area contributed by atoms with Gasteiger partial charge in [-0.25, -0.2) is 14.8 Å². The van der Waals surface area contributed by atoms with Crippen molar-refractivity contribution in [2.24, 2.45) is 0 Å². The van der Waals surface area contributed by atoms with Crippen LogP contribution in [0.25, 0.3) is 5.82 Å². The summed E-state index contributed by atoms with van der Waals surface area (Å²) < 4.78 is 1.95. The average Bonchev–Trinajstić information content (AvgIpc) is 3.25. The number of nitrogens with zero attached hydrogens (tertiary/aromatic N) is 5. The molecule has 27 heavy (non-hydrogen) atoms. The topological polar surface area (TPSA) is 66.3 Å². The number of benzene rings is 1. The van der Waals surface area contributed by atoms with Crippen molar-refractivity contribution in [1.29, 1.82) is 0 Å². The van der Waals surface area contributed by atoms with Gasteiger partial charge in [-0.15, -0.1) is 0 Å². The second-order valence-corrected chi connectivity index (χ2v) is 6.59. The molecule has 138 valence electrons. The van der Waals surface area contributed by atoms with Gasteiger partial charge >= 0.3 is 6.03 Å². The zero-order valence-corrected chi connectivity index (χ0v) is 15.2. The summed E-state index contributed by atoms with van der Waals surface area (Å²) in [5, 5.41) is 2.96. The first-order chi connectivity index (χ1) is 13.2. The maximum absolute atomic E-state index is 12.5. The van der Waals surface area contributed by atoms with Crippen molar-refractivity contribution >= 4 is 17.5 Å². The summed E-state index contributed by atoms with van der Waals surface area (Å²) in [6.07, 6.45) is 5.50. The first-order valence-electron chi connectivity index (χ1n) is 9.02. The molecule has 7 nitrogen and oxygen atoms in total. The number of hydrogen-bond acceptors (Lipinski definition) is 4. The van der Waals surface area contributed by atoms with Crippen LogP contribution in [0.5, 0.6) is 0 Å². The number of amides is 2. The van der Waals surface area contributed by atoms with Gasteiger partial charge < -0.3 is 19.7 Å². The van der Waals surface area contributed by atoms with Crippen LogP contribution in [0.3, 0.4) is 0 Å². The van der Waals surface area contributed by atoms with E-state index < -0.39 is 0 Å². The van der Waals surface area contributed by atoms with Gasteiger partial charge in [0.15, 0.2) is 0 Å². The summed E-state index contributed by atoms with van der Waals surface area (Å²) in [5.74, 6) is 1.72. The molecule has 3 aromatic rings. The van der Waals surface area contributed by atoms with Crippen LogP contribution in [-0.2, 0) is 0 Å². The smallest absolute Gasteiger partial charge is 0.321 e. The lowest BCUT2D eigenvalue weighted by Gasteiger charge is -2.35. The first-order valence-corrected chi connectivity index (χ1v) is 9.02. The monoisotopic (exact) mass is 362 g/mol. The second kappa shape index (κ2) is 7.49. The Kier molecular flexibility index (Phi) is 4.74. The molecule has 1 aromatic carbocycles. The molecule has 2 amide bonds. The standard InChI is InChI=1S/C20H22N6O/c1-16-4-6-17(7-5-16)23-20(27)26-12-10-25(11-13-26)19-14-18(21-15-22-19)24-8-2-3-9-24/h2-9,14-15H,10-13H2,1H3,(H,23,27). The Hall–Kier alpha value is -3.35. The largest absolute Gasteiger partial charge is 0.353 e. The van der Waals surface area contributed by atoms with E-state index in [1.165, 1.54) is 5.56 Å². The average molecular weight is 362 g/mol. The van der Waals surface area contributed by atoms with Crippen LogP contribution in [0.15, 0.2) is 61.2 Å². The number of carbonyl (C=O) groups is 1. The van der Waals surface area contributed by atoms with Crippen molar-refractivity contribution in [2.75, 3.05) is 36.4 Å². The molecule has 7 heteroatoms. The zero-order valence-electron chi connectivity index (χ0n) is 15.2. The summed E-state index contributed by atoms with van der Waals surface area (Å²) >= 11 is 0. The third kappa shape index (κ3) is 3.92. The summed E-state index contributed by atoms with van der Waals surface area (Å²) in [6.45, 7) is 4.81. The SMILES string of the molecule is Cc1ccc(NC(=O)N2CCN(c3cc(-n4cccc4)ncn3)CC2)cc1. The highest BCUT2D eigenvalue weighted by atomic mass is 16.2. The number of hydrogen-bond donors (Lipinski definition) is 1. The fourth-order valence-corrected chi connectivity index (χ4v) is 3.12. The minimum absolute atomic E-state index is 0.0609. The molecular formula is C20H22N6O. The molecular weight excluding hydrogens is 340 g/mol. The number of anilines is 2. The Labute approximate surface area is 158 Å². The van der Waals surface area contributed by atoms with Crippen molar-refractivity contribution in [2.45, 2.75) is 6.92 Å². The van der Waals surface area contributed by atoms with Gasteiger partial charge in [0, 0.05) is 50.3 Å². The van der Waals surface area contributed by atoms with Crippen LogP contribution in [0.4, 0.5) is 16.3 Å². The first kappa shape index (κ1) is 17.1. The van der Waals surface area contributed by atoms with Crippen molar-refractivity contribution in [3.63, 3.8) is 0 Å². The molecule has 1 N–H and O–H groups in total. The van der Waals surface area contributed by atoms with E-state index in [2.05, 4.69) is 20.2 Å². The third-order valence-electron chi connectivity index (χ3n) is 4.70. The molecule has 0 radical (unpaired) electrons. The summed E-state index contributed by atoms with van der Waals surface area (Å²) in [5.41, 5.74) is 1.99. The minimum Gasteiger partial charge on any atom is -0.353 e. The van der Waals surface area contributed by atoms with Crippen molar-refractivity contribution in [3.05, 3.63) is 66.7 Å². The zero-order chi connectivity index (χ0) is 18.6. The lowest BCUT2D eigenvalue weighted by Crippen LogP contribution is -2.50. The highest BCUT2D eigenvalue weighted by Gasteiger charge is 2.22. The van der Waals surface area contributed by atoms with E-state index in [1.54, 1.807) is 6.33 Å². The van der Waals surface area contributed by atoms with Gasteiger partial charge in [0.25, 0.3) is 0 Å². The third-order valence-corrected chi connectivity index (χ3v) is 4.70. The Bertz CT molecular complexity index is 898. The molecule has 1 aliphatic rings. The minimum atomic E-state index is -0.0609.